The van der Waals surface area contributed by atoms with Crippen molar-refractivity contribution in [3.8, 4) is 0 Å². The van der Waals surface area contributed by atoms with Crippen molar-refractivity contribution in [2.24, 2.45) is 0 Å². The molecule has 0 amide bonds. The summed E-state index contributed by atoms with van der Waals surface area (Å²) in [4.78, 5) is 14.9. The van der Waals surface area contributed by atoms with E-state index < -0.39 is 0 Å². The molecule has 0 spiro atoms. The molecular weight excluding hydrogens is 252 g/mol. The second-order valence-corrected chi connectivity index (χ2v) is 4.56. The molecule has 1 aromatic heterocycles. The molecule has 6 heteroatoms. The molecule has 0 radical (unpaired) electrons. The van der Waals surface area contributed by atoms with Gasteiger partial charge in [-0.05, 0) is 18.1 Å². The zero-order chi connectivity index (χ0) is 14.5. The van der Waals surface area contributed by atoms with E-state index in [9.17, 15) is 0 Å². The lowest BCUT2D eigenvalue weighted by Gasteiger charge is -2.14. The van der Waals surface area contributed by atoms with Crippen LogP contribution in [-0.2, 0) is 6.42 Å². The summed E-state index contributed by atoms with van der Waals surface area (Å²) in [6.45, 7) is 2.12. The van der Waals surface area contributed by atoms with Crippen molar-refractivity contribution in [3.05, 3.63) is 29.8 Å². The van der Waals surface area contributed by atoms with Gasteiger partial charge in [0.25, 0.3) is 0 Å². The van der Waals surface area contributed by atoms with Crippen LogP contribution in [0, 0.1) is 0 Å². The third kappa shape index (κ3) is 3.14. The molecule has 0 aliphatic rings. The number of anilines is 4. The predicted molar refractivity (Wildman–Crippen MR) is 82.8 cm³/mol. The Balaban J connectivity index is 2.35. The number of para-hydroxylation sites is 1. The molecule has 1 aromatic carbocycles. The SMILES string of the molecule is CCc1ccccc1Nc1nc(NC)nc(N(C)C)n1. The van der Waals surface area contributed by atoms with Crippen molar-refractivity contribution in [1.82, 2.24) is 15.0 Å². The van der Waals surface area contributed by atoms with Crippen LogP contribution in [0.25, 0.3) is 0 Å². The van der Waals surface area contributed by atoms with Crippen LogP contribution in [0.5, 0.6) is 0 Å². The molecule has 0 aliphatic carbocycles. The summed E-state index contributed by atoms with van der Waals surface area (Å²) in [6, 6.07) is 8.14. The lowest BCUT2D eigenvalue weighted by atomic mass is 10.1. The molecule has 0 atom stereocenters. The average Bonchev–Trinajstić information content (AvgIpc) is 2.47. The monoisotopic (exact) mass is 272 g/mol. The third-order valence-corrected chi connectivity index (χ3v) is 2.89. The van der Waals surface area contributed by atoms with Gasteiger partial charge in [-0.3, -0.25) is 0 Å². The number of nitrogens with one attached hydrogen (secondary N) is 2. The highest BCUT2D eigenvalue weighted by molar-refractivity contribution is 5.60. The largest absolute Gasteiger partial charge is 0.357 e. The van der Waals surface area contributed by atoms with Crippen LogP contribution in [0.2, 0.25) is 0 Å². The Bertz CT molecular complexity index is 582. The first-order valence-electron chi connectivity index (χ1n) is 6.60. The fraction of sp³-hybridized carbons (Fsp3) is 0.357. The fourth-order valence-corrected chi connectivity index (χ4v) is 1.80. The predicted octanol–water partition coefficient (Wildman–Crippen LogP) is 2.29. The first kappa shape index (κ1) is 14.0. The van der Waals surface area contributed by atoms with E-state index in [4.69, 9.17) is 0 Å². The Hall–Kier alpha value is -2.37. The number of hydrogen-bond acceptors (Lipinski definition) is 6. The zero-order valence-electron chi connectivity index (χ0n) is 12.3. The molecule has 20 heavy (non-hydrogen) atoms. The third-order valence-electron chi connectivity index (χ3n) is 2.89. The molecule has 0 saturated carbocycles. The van der Waals surface area contributed by atoms with Crippen molar-refractivity contribution in [2.45, 2.75) is 13.3 Å². The van der Waals surface area contributed by atoms with Crippen molar-refractivity contribution in [3.63, 3.8) is 0 Å². The topological polar surface area (TPSA) is 66.0 Å². The normalized spacial score (nSPS) is 10.2. The van der Waals surface area contributed by atoms with E-state index in [2.05, 4.69) is 38.6 Å². The maximum atomic E-state index is 4.40. The maximum absolute atomic E-state index is 4.40. The van der Waals surface area contributed by atoms with Gasteiger partial charge in [-0.15, -0.1) is 0 Å². The average molecular weight is 272 g/mol. The number of nitrogens with zero attached hydrogens (tertiary/aromatic N) is 4. The first-order chi connectivity index (χ1) is 9.63. The van der Waals surface area contributed by atoms with Crippen molar-refractivity contribution in [2.75, 3.05) is 36.7 Å². The molecule has 106 valence electrons. The van der Waals surface area contributed by atoms with E-state index in [-0.39, 0.29) is 0 Å². The molecule has 0 unspecified atom stereocenters. The minimum atomic E-state index is 0.536. The van der Waals surface area contributed by atoms with Gasteiger partial charge in [-0.25, -0.2) is 0 Å². The molecule has 0 aliphatic heterocycles. The fourth-order valence-electron chi connectivity index (χ4n) is 1.80. The summed E-state index contributed by atoms with van der Waals surface area (Å²) in [7, 11) is 5.59. The van der Waals surface area contributed by atoms with Crippen LogP contribution < -0.4 is 15.5 Å². The van der Waals surface area contributed by atoms with Crippen LogP contribution in [0.3, 0.4) is 0 Å². The van der Waals surface area contributed by atoms with E-state index in [1.807, 2.05) is 37.2 Å². The quantitative estimate of drug-likeness (QED) is 0.870. The van der Waals surface area contributed by atoms with E-state index in [0.717, 1.165) is 12.1 Å². The number of benzene rings is 1. The van der Waals surface area contributed by atoms with Gasteiger partial charge in [0.2, 0.25) is 17.8 Å². The standard InChI is InChI=1S/C14H20N6/c1-5-10-8-6-7-9-11(10)16-13-17-12(15-2)18-14(19-13)20(3)4/h6-9H,5H2,1-4H3,(H2,15,16,17,18,19). The Morgan fingerprint density at radius 3 is 2.40 bits per heavy atom. The highest BCUT2D eigenvalue weighted by atomic mass is 15.3. The van der Waals surface area contributed by atoms with Gasteiger partial charge in [-0.1, -0.05) is 25.1 Å². The molecule has 0 saturated heterocycles. The van der Waals surface area contributed by atoms with Crippen molar-refractivity contribution in [1.29, 1.82) is 0 Å². The van der Waals surface area contributed by atoms with E-state index >= 15 is 0 Å². The Morgan fingerprint density at radius 2 is 1.75 bits per heavy atom. The summed E-state index contributed by atoms with van der Waals surface area (Å²) in [5.74, 6) is 1.69. The number of aryl methyl sites for hydroxylation is 1. The molecule has 0 fully saturated rings. The first-order valence-corrected chi connectivity index (χ1v) is 6.60. The van der Waals surface area contributed by atoms with Gasteiger partial charge in [0.05, 0.1) is 0 Å². The zero-order valence-corrected chi connectivity index (χ0v) is 12.3. The summed E-state index contributed by atoms with van der Waals surface area (Å²) in [6.07, 6.45) is 0.952. The van der Waals surface area contributed by atoms with Gasteiger partial charge in [0.15, 0.2) is 0 Å². The molecule has 2 N–H and O–H groups in total. The summed E-state index contributed by atoms with van der Waals surface area (Å²) >= 11 is 0. The molecule has 6 nitrogen and oxygen atoms in total. The number of hydrogen-bond donors (Lipinski definition) is 2. The van der Waals surface area contributed by atoms with E-state index in [1.165, 1.54) is 5.56 Å². The molecule has 1 heterocycles. The molecular formula is C14H20N6. The van der Waals surface area contributed by atoms with Crippen LogP contribution in [0.4, 0.5) is 23.5 Å². The van der Waals surface area contributed by atoms with Gasteiger partial charge >= 0.3 is 0 Å². The van der Waals surface area contributed by atoms with Crippen LogP contribution in [-0.4, -0.2) is 36.1 Å². The number of rotatable bonds is 5. The van der Waals surface area contributed by atoms with E-state index in [0.29, 0.717) is 17.8 Å². The Kier molecular flexibility index (Phi) is 4.34. The lowest BCUT2D eigenvalue weighted by Crippen LogP contribution is -2.15. The highest BCUT2D eigenvalue weighted by Gasteiger charge is 2.08. The summed E-state index contributed by atoms with van der Waals surface area (Å²) in [5, 5.41) is 6.21. The second kappa shape index (κ2) is 6.18. The van der Waals surface area contributed by atoms with Crippen LogP contribution in [0.1, 0.15) is 12.5 Å². The smallest absolute Gasteiger partial charge is 0.233 e. The van der Waals surface area contributed by atoms with Gasteiger partial charge in [0, 0.05) is 26.8 Å². The van der Waals surface area contributed by atoms with Crippen molar-refractivity contribution >= 4 is 23.5 Å². The summed E-state index contributed by atoms with van der Waals surface area (Å²) < 4.78 is 0. The van der Waals surface area contributed by atoms with Gasteiger partial charge < -0.3 is 15.5 Å². The minimum Gasteiger partial charge on any atom is -0.357 e. The lowest BCUT2D eigenvalue weighted by molar-refractivity contribution is 0.962. The van der Waals surface area contributed by atoms with Gasteiger partial charge in [0.1, 0.15) is 0 Å². The summed E-state index contributed by atoms with van der Waals surface area (Å²) in [5.41, 5.74) is 2.25. The molecule has 2 aromatic rings. The van der Waals surface area contributed by atoms with E-state index in [1.54, 1.807) is 7.05 Å². The number of aromatic nitrogens is 3. The van der Waals surface area contributed by atoms with Crippen LogP contribution >= 0.6 is 0 Å². The minimum absolute atomic E-state index is 0.536. The van der Waals surface area contributed by atoms with Gasteiger partial charge in [-0.2, -0.15) is 15.0 Å². The Labute approximate surface area is 119 Å². The highest BCUT2D eigenvalue weighted by Crippen LogP contribution is 2.20. The molecule has 2 rings (SSSR count). The van der Waals surface area contributed by atoms with Crippen molar-refractivity contribution < 1.29 is 0 Å². The maximum Gasteiger partial charge on any atom is 0.233 e. The van der Waals surface area contributed by atoms with Crippen LogP contribution in [0.15, 0.2) is 24.3 Å². The second-order valence-electron chi connectivity index (χ2n) is 4.56. The molecule has 0 bridgehead atoms. The Morgan fingerprint density at radius 1 is 1.05 bits per heavy atom.